The number of nitrogens with one attached hydrogen (secondary N) is 1. The predicted octanol–water partition coefficient (Wildman–Crippen LogP) is 3.68. The Hall–Kier alpha value is -2.49. The number of rotatable bonds is 0. The van der Waals surface area contributed by atoms with Gasteiger partial charge in [0, 0.05) is 16.0 Å². The van der Waals surface area contributed by atoms with Gasteiger partial charge in [0.1, 0.15) is 29.7 Å². The summed E-state index contributed by atoms with van der Waals surface area (Å²) in [6.45, 7) is 0. The fourth-order valence-electron chi connectivity index (χ4n) is 3.74. The summed E-state index contributed by atoms with van der Waals surface area (Å²) in [7, 11) is 0. The standard InChI is InChI=1S/C19H16IN5O2/c20-11-4-7-16-14(8-11)19(26)23-17-3-1-2-15(22-17)18-24-21-10-25(18)12-5-6-13(9-12)27-16/h1-4,7-8,10,12-13H,5-6,9H2,(H,22,23,26)/t12-,13+/m0/s1. The van der Waals surface area contributed by atoms with Crippen molar-refractivity contribution in [2.75, 3.05) is 5.32 Å². The topological polar surface area (TPSA) is 81.9 Å². The monoisotopic (exact) mass is 473 g/mol. The summed E-state index contributed by atoms with van der Waals surface area (Å²) in [5, 5.41) is 11.2. The molecule has 0 spiro atoms. The van der Waals surface area contributed by atoms with Crippen molar-refractivity contribution in [3.63, 3.8) is 0 Å². The van der Waals surface area contributed by atoms with E-state index in [4.69, 9.17) is 4.74 Å². The van der Waals surface area contributed by atoms with Gasteiger partial charge in [-0.05, 0) is 65.8 Å². The molecule has 1 N–H and O–H groups in total. The van der Waals surface area contributed by atoms with Crippen LogP contribution in [0.1, 0.15) is 35.7 Å². The highest BCUT2D eigenvalue weighted by Gasteiger charge is 2.31. The summed E-state index contributed by atoms with van der Waals surface area (Å²) in [4.78, 5) is 17.5. The van der Waals surface area contributed by atoms with Gasteiger partial charge in [-0.2, -0.15) is 0 Å². The first-order valence-corrected chi connectivity index (χ1v) is 9.90. The molecule has 5 rings (SSSR count). The number of nitrogens with zero attached hydrogens (tertiary/aromatic N) is 4. The van der Waals surface area contributed by atoms with Crippen LogP contribution in [0, 0.1) is 3.57 Å². The SMILES string of the molecule is O=C1Nc2cccc(n2)-c2nncn2[C@H]2CC[C@H](C2)Oc2ccc(I)cc21. The zero-order valence-electron chi connectivity index (χ0n) is 14.3. The Labute approximate surface area is 169 Å². The quantitative estimate of drug-likeness (QED) is 0.504. The maximum absolute atomic E-state index is 12.9. The molecular weight excluding hydrogens is 457 g/mol. The highest BCUT2D eigenvalue weighted by atomic mass is 127. The first-order chi connectivity index (χ1) is 13.2. The van der Waals surface area contributed by atoms with E-state index in [0.717, 1.165) is 22.8 Å². The fourth-order valence-corrected chi connectivity index (χ4v) is 4.24. The summed E-state index contributed by atoms with van der Waals surface area (Å²) in [6.07, 6.45) is 4.54. The number of carbonyl (C=O) groups excluding carboxylic acids is 1. The molecule has 0 radical (unpaired) electrons. The fraction of sp³-hybridized carbons (Fsp3) is 0.263. The molecule has 7 nitrogen and oxygen atoms in total. The average Bonchev–Trinajstić information content (AvgIpc) is 3.32. The molecular formula is C19H16IN5O2. The van der Waals surface area contributed by atoms with E-state index in [0.29, 0.717) is 28.6 Å². The average molecular weight is 473 g/mol. The number of anilines is 1. The Morgan fingerprint density at radius 2 is 2.15 bits per heavy atom. The van der Waals surface area contributed by atoms with Crippen LogP contribution in [0.5, 0.6) is 5.75 Å². The predicted molar refractivity (Wildman–Crippen MR) is 108 cm³/mol. The van der Waals surface area contributed by atoms with Crippen LogP contribution in [-0.4, -0.2) is 31.8 Å². The summed E-state index contributed by atoms with van der Waals surface area (Å²) >= 11 is 2.20. The van der Waals surface area contributed by atoms with Crippen LogP contribution in [0.2, 0.25) is 0 Å². The third-order valence-corrected chi connectivity index (χ3v) is 5.69. The molecule has 2 atom stereocenters. The molecule has 2 aromatic heterocycles. The zero-order chi connectivity index (χ0) is 18.4. The summed E-state index contributed by atoms with van der Waals surface area (Å²) in [5.74, 6) is 1.56. The van der Waals surface area contributed by atoms with Crippen molar-refractivity contribution in [1.29, 1.82) is 0 Å². The van der Waals surface area contributed by atoms with E-state index < -0.39 is 0 Å². The number of aromatic nitrogens is 4. The Bertz CT molecular complexity index is 1030. The molecule has 27 heavy (non-hydrogen) atoms. The Kier molecular flexibility index (Phi) is 4.07. The van der Waals surface area contributed by atoms with Crippen molar-refractivity contribution < 1.29 is 9.53 Å². The van der Waals surface area contributed by atoms with E-state index >= 15 is 0 Å². The van der Waals surface area contributed by atoms with Gasteiger partial charge in [0.15, 0.2) is 5.82 Å². The number of ether oxygens (including phenoxy) is 1. The van der Waals surface area contributed by atoms with Crippen LogP contribution in [0.4, 0.5) is 5.82 Å². The molecule has 4 bridgehead atoms. The lowest BCUT2D eigenvalue weighted by molar-refractivity contribution is 0.101. The van der Waals surface area contributed by atoms with Crippen molar-refractivity contribution in [3.8, 4) is 17.3 Å². The Morgan fingerprint density at radius 3 is 3.07 bits per heavy atom. The maximum atomic E-state index is 12.9. The van der Waals surface area contributed by atoms with Crippen LogP contribution in [0.15, 0.2) is 42.7 Å². The maximum Gasteiger partial charge on any atom is 0.260 e. The van der Waals surface area contributed by atoms with Crippen molar-refractivity contribution in [2.24, 2.45) is 0 Å². The van der Waals surface area contributed by atoms with Gasteiger partial charge in [-0.25, -0.2) is 4.98 Å². The number of fused-ring (bicyclic) bond motifs is 8. The number of amides is 1. The molecule has 136 valence electrons. The molecule has 1 amide bonds. The van der Waals surface area contributed by atoms with E-state index in [-0.39, 0.29) is 18.1 Å². The normalized spacial score (nSPS) is 21.0. The molecule has 2 aliphatic rings. The lowest BCUT2D eigenvalue weighted by atomic mass is 10.1. The summed E-state index contributed by atoms with van der Waals surface area (Å²) in [5.41, 5.74) is 1.22. The second kappa shape index (κ2) is 6.59. The number of carbonyl (C=O) groups is 1. The lowest BCUT2D eigenvalue weighted by Gasteiger charge is -2.17. The Morgan fingerprint density at radius 1 is 1.22 bits per heavy atom. The van der Waals surface area contributed by atoms with Crippen molar-refractivity contribution in [2.45, 2.75) is 31.4 Å². The van der Waals surface area contributed by atoms with E-state index in [1.165, 1.54) is 0 Å². The first kappa shape index (κ1) is 16.7. The van der Waals surface area contributed by atoms with E-state index in [2.05, 4.69) is 47.7 Å². The number of hydrogen-bond donors (Lipinski definition) is 1. The smallest absolute Gasteiger partial charge is 0.260 e. The van der Waals surface area contributed by atoms with Crippen LogP contribution in [0.25, 0.3) is 11.5 Å². The highest BCUT2D eigenvalue weighted by Crippen LogP contribution is 2.36. The van der Waals surface area contributed by atoms with E-state index in [1.807, 2.05) is 30.3 Å². The number of halogens is 1. The highest BCUT2D eigenvalue weighted by molar-refractivity contribution is 14.1. The van der Waals surface area contributed by atoms with E-state index in [9.17, 15) is 4.79 Å². The lowest BCUT2D eigenvalue weighted by Crippen LogP contribution is -2.18. The molecule has 1 aliphatic heterocycles. The van der Waals surface area contributed by atoms with Gasteiger partial charge in [0.2, 0.25) is 0 Å². The van der Waals surface area contributed by atoms with Crippen molar-refractivity contribution >= 4 is 34.3 Å². The molecule has 8 heteroatoms. The second-order valence-electron chi connectivity index (χ2n) is 6.77. The second-order valence-corrected chi connectivity index (χ2v) is 8.02. The minimum atomic E-state index is -0.233. The number of benzene rings is 1. The van der Waals surface area contributed by atoms with E-state index in [1.54, 1.807) is 12.4 Å². The zero-order valence-corrected chi connectivity index (χ0v) is 16.5. The van der Waals surface area contributed by atoms with Gasteiger partial charge in [-0.3, -0.25) is 4.79 Å². The van der Waals surface area contributed by atoms with Gasteiger partial charge < -0.3 is 14.6 Å². The number of pyridine rings is 1. The van der Waals surface area contributed by atoms with Gasteiger partial charge >= 0.3 is 0 Å². The molecule has 1 aromatic carbocycles. The Balaban J connectivity index is 1.65. The van der Waals surface area contributed by atoms with Gasteiger partial charge in [-0.1, -0.05) is 6.07 Å². The molecule has 0 saturated heterocycles. The molecule has 1 aliphatic carbocycles. The summed E-state index contributed by atoms with van der Waals surface area (Å²) in [6, 6.07) is 11.4. The van der Waals surface area contributed by atoms with Crippen molar-refractivity contribution in [1.82, 2.24) is 19.7 Å². The molecule has 1 saturated carbocycles. The molecule has 0 unspecified atom stereocenters. The molecule has 1 fully saturated rings. The van der Waals surface area contributed by atoms with Gasteiger partial charge in [0.05, 0.1) is 5.56 Å². The van der Waals surface area contributed by atoms with Gasteiger partial charge in [-0.15, -0.1) is 10.2 Å². The van der Waals surface area contributed by atoms with Crippen LogP contribution < -0.4 is 10.1 Å². The van der Waals surface area contributed by atoms with Crippen molar-refractivity contribution in [3.05, 3.63) is 51.9 Å². The third kappa shape index (κ3) is 3.07. The molecule has 3 aromatic rings. The van der Waals surface area contributed by atoms with Crippen LogP contribution >= 0.6 is 22.6 Å². The molecule has 3 heterocycles. The van der Waals surface area contributed by atoms with Crippen LogP contribution in [0.3, 0.4) is 0 Å². The van der Waals surface area contributed by atoms with Crippen LogP contribution in [-0.2, 0) is 0 Å². The largest absolute Gasteiger partial charge is 0.490 e. The minimum Gasteiger partial charge on any atom is -0.490 e. The minimum absolute atomic E-state index is 0.0497. The number of hydrogen-bond acceptors (Lipinski definition) is 5. The first-order valence-electron chi connectivity index (χ1n) is 8.82. The third-order valence-electron chi connectivity index (χ3n) is 5.02. The summed E-state index contributed by atoms with van der Waals surface area (Å²) < 4.78 is 9.29. The van der Waals surface area contributed by atoms with Gasteiger partial charge in [0.25, 0.3) is 5.91 Å².